The smallest absolute Gasteiger partial charge is 0.122 e. The summed E-state index contributed by atoms with van der Waals surface area (Å²) in [6.45, 7) is 3.85. The fourth-order valence-corrected chi connectivity index (χ4v) is 2.28. The monoisotopic (exact) mass is 322 g/mol. The van der Waals surface area contributed by atoms with Crippen LogP contribution in [0.5, 0.6) is 0 Å². The zero-order chi connectivity index (χ0) is 15.2. The number of oxime groups is 1. The lowest BCUT2D eigenvalue weighted by atomic mass is 10.0. The van der Waals surface area contributed by atoms with Gasteiger partial charge in [-0.25, -0.2) is 0 Å². The van der Waals surface area contributed by atoms with Gasteiger partial charge in [-0.15, -0.1) is 0 Å². The van der Waals surface area contributed by atoms with Crippen LogP contribution in [0.2, 0.25) is 10.0 Å². The van der Waals surface area contributed by atoms with Gasteiger partial charge < -0.3 is 4.84 Å². The molecule has 0 radical (unpaired) electrons. The summed E-state index contributed by atoms with van der Waals surface area (Å²) in [6, 6.07) is 9.22. The molecule has 1 heterocycles. The van der Waals surface area contributed by atoms with Crippen molar-refractivity contribution in [1.29, 1.82) is 0 Å². The Kier molecular flexibility index (Phi) is 5.59. The van der Waals surface area contributed by atoms with Crippen molar-refractivity contribution in [3.05, 3.63) is 63.9 Å². The van der Waals surface area contributed by atoms with E-state index in [0.717, 1.165) is 16.8 Å². The van der Waals surface area contributed by atoms with E-state index >= 15 is 0 Å². The van der Waals surface area contributed by atoms with Gasteiger partial charge >= 0.3 is 0 Å². The van der Waals surface area contributed by atoms with Crippen LogP contribution in [0.25, 0.3) is 0 Å². The quantitative estimate of drug-likeness (QED) is 0.587. The van der Waals surface area contributed by atoms with Crippen LogP contribution in [0, 0.1) is 0 Å². The third-order valence-electron chi connectivity index (χ3n) is 2.71. The maximum atomic E-state index is 6.27. The molecule has 21 heavy (non-hydrogen) atoms. The number of rotatable bonds is 5. The normalized spacial score (nSPS) is 11.8. The second-order valence-electron chi connectivity index (χ2n) is 4.85. The van der Waals surface area contributed by atoms with Gasteiger partial charge in [0.1, 0.15) is 6.10 Å². The predicted molar refractivity (Wildman–Crippen MR) is 87.2 cm³/mol. The van der Waals surface area contributed by atoms with Crippen LogP contribution >= 0.6 is 23.2 Å². The minimum absolute atomic E-state index is 0.0000240. The third kappa shape index (κ3) is 4.73. The largest absolute Gasteiger partial charge is 0.393 e. The summed E-state index contributed by atoms with van der Waals surface area (Å²) < 4.78 is 0. The van der Waals surface area contributed by atoms with E-state index < -0.39 is 0 Å². The van der Waals surface area contributed by atoms with Crippen LogP contribution in [-0.4, -0.2) is 16.8 Å². The fraction of sp³-hybridized carbons (Fsp3) is 0.250. The molecule has 2 rings (SSSR count). The van der Waals surface area contributed by atoms with Crippen LogP contribution in [0.1, 0.15) is 25.0 Å². The number of hydrogen-bond donors (Lipinski definition) is 0. The topological polar surface area (TPSA) is 34.5 Å². The van der Waals surface area contributed by atoms with Gasteiger partial charge in [-0.05, 0) is 37.6 Å². The summed E-state index contributed by atoms with van der Waals surface area (Å²) in [6.07, 6.45) is 4.12. The Balaban J connectivity index is 2.34. The molecule has 0 aliphatic carbocycles. The predicted octanol–water partition coefficient (Wildman–Crippen LogP) is 4.76. The van der Waals surface area contributed by atoms with E-state index in [1.807, 2.05) is 32.0 Å². The van der Waals surface area contributed by atoms with Gasteiger partial charge in [-0.2, -0.15) is 0 Å². The van der Waals surface area contributed by atoms with E-state index in [1.165, 1.54) is 0 Å². The van der Waals surface area contributed by atoms with Crippen LogP contribution in [0.15, 0.2) is 47.9 Å². The third-order valence-corrected chi connectivity index (χ3v) is 3.26. The van der Waals surface area contributed by atoms with Crippen molar-refractivity contribution in [1.82, 2.24) is 4.98 Å². The van der Waals surface area contributed by atoms with Gasteiger partial charge in [0, 0.05) is 29.4 Å². The molecule has 0 saturated heterocycles. The lowest BCUT2D eigenvalue weighted by molar-refractivity contribution is 0.0857. The first-order valence-electron chi connectivity index (χ1n) is 6.63. The summed E-state index contributed by atoms with van der Waals surface area (Å²) in [5.74, 6) is 0. The van der Waals surface area contributed by atoms with E-state index in [4.69, 9.17) is 28.0 Å². The summed E-state index contributed by atoms with van der Waals surface area (Å²) in [5.41, 5.74) is 2.60. The summed E-state index contributed by atoms with van der Waals surface area (Å²) >= 11 is 12.2. The van der Waals surface area contributed by atoms with Crippen LogP contribution < -0.4 is 0 Å². The number of aromatic nitrogens is 1. The van der Waals surface area contributed by atoms with Gasteiger partial charge in [-0.1, -0.05) is 40.5 Å². The summed E-state index contributed by atoms with van der Waals surface area (Å²) in [5, 5.41) is 5.39. The second kappa shape index (κ2) is 7.43. The molecule has 0 spiro atoms. The average Bonchev–Trinajstić information content (AvgIpc) is 2.45. The highest BCUT2D eigenvalue weighted by Crippen LogP contribution is 2.23. The average molecular weight is 323 g/mol. The molecule has 5 heteroatoms. The van der Waals surface area contributed by atoms with Crippen LogP contribution in [0.3, 0.4) is 0 Å². The second-order valence-corrected chi connectivity index (χ2v) is 5.70. The molecule has 0 unspecified atom stereocenters. The number of pyridine rings is 1. The molecule has 0 amide bonds. The standard InChI is InChI=1S/C16H16Cl2N2O/c1-11(2)21-20-16(8-12-4-3-7-19-10-12)14-6-5-13(17)9-15(14)18/h3-7,9-11H,8H2,1-2H3. The highest BCUT2D eigenvalue weighted by atomic mass is 35.5. The lowest BCUT2D eigenvalue weighted by Gasteiger charge is -2.10. The molecule has 0 aliphatic rings. The summed E-state index contributed by atoms with van der Waals surface area (Å²) in [4.78, 5) is 9.51. The van der Waals surface area contributed by atoms with Crippen molar-refractivity contribution in [2.45, 2.75) is 26.4 Å². The van der Waals surface area contributed by atoms with Gasteiger partial charge in [0.05, 0.1) is 10.7 Å². The minimum atomic E-state index is -0.0000240. The lowest BCUT2D eigenvalue weighted by Crippen LogP contribution is -2.09. The van der Waals surface area contributed by atoms with E-state index in [9.17, 15) is 0 Å². The molecule has 0 saturated carbocycles. The molecule has 0 N–H and O–H groups in total. The van der Waals surface area contributed by atoms with Crippen molar-refractivity contribution < 1.29 is 4.84 Å². The number of hydrogen-bond acceptors (Lipinski definition) is 3. The summed E-state index contributed by atoms with van der Waals surface area (Å²) in [7, 11) is 0. The van der Waals surface area contributed by atoms with Crippen molar-refractivity contribution in [2.24, 2.45) is 5.16 Å². The van der Waals surface area contributed by atoms with Gasteiger partial charge in [0.25, 0.3) is 0 Å². The molecule has 110 valence electrons. The Bertz CT molecular complexity index is 627. The van der Waals surface area contributed by atoms with Gasteiger partial charge in [0.2, 0.25) is 0 Å². The maximum absolute atomic E-state index is 6.27. The van der Waals surface area contributed by atoms with E-state index in [-0.39, 0.29) is 6.10 Å². The number of nitrogens with zero attached hydrogens (tertiary/aromatic N) is 2. The van der Waals surface area contributed by atoms with E-state index in [0.29, 0.717) is 16.5 Å². The van der Waals surface area contributed by atoms with Crippen molar-refractivity contribution in [2.75, 3.05) is 0 Å². The first-order chi connectivity index (χ1) is 10.1. The van der Waals surface area contributed by atoms with Crippen molar-refractivity contribution in [3.8, 4) is 0 Å². The molecule has 2 aromatic rings. The first-order valence-corrected chi connectivity index (χ1v) is 7.39. The fourth-order valence-electron chi connectivity index (χ4n) is 1.77. The maximum Gasteiger partial charge on any atom is 0.122 e. The Morgan fingerprint density at radius 1 is 1.29 bits per heavy atom. The Morgan fingerprint density at radius 2 is 2.10 bits per heavy atom. The Morgan fingerprint density at radius 3 is 2.71 bits per heavy atom. The Labute approximate surface area is 134 Å². The molecule has 1 aromatic carbocycles. The molecular weight excluding hydrogens is 307 g/mol. The SMILES string of the molecule is CC(C)ON=C(Cc1cccnc1)c1ccc(Cl)cc1Cl. The molecule has 0 atom stereocenters. The zero-order valence-electron chi connectivity index (χ0n) is 11.9. The molecule has 0 aliphatic heterocycles. The first kappa shape index (κ1) is 15.8. The van der Waals surface area contributed by atoms with E-state index in [2.05, 4.69) is 10.1 Å². The zero-order valence-corrected chi connectivity index (χ0v) is 13.4. The Hall–Kier alpha value is -1.58. The molecule has 0 bridgehead atoms. The number of halogens is 2. The molecular formula is C16H16Cl2N2O. The molecule has 1 aromatic heterocycles. The molecule has 3 nitrogen and oxygen atoms in total. The molecule has 0 fully saturated rings. The van der Waals surface area contributed by atoms with E-state index in [1.54, 1.807) is 24.5 Å². The van der Waals surface area contributed by atoms with Crippen LogP contribution in [-0.2, 0) is 11.3 Å². The highest BCUT2D eigenvalue weighted by molar-refractivity contribution is 6.37. The van der Waals surface area contributed by atoms with Crippen molar-refractivity contribution >= 4 is 28.9 Å². The van der Waals surface area contributed by atoms with Gasteiger partial charge in [0.15, 0.2) is 0 Å². The van der Waals surface area contributed by atoms with Crippen molar-refractivity contribution in [3.63, 3.8) is 0 Å². The minimum Gasteiger partial charge on any atom is -0.393 e. The highest BCUT2D eigenvalue weighted by Gasteiger charge is 2.11. The number of benzene rings is 1. The van der Waals surface area contributed by atoms with Gasteiger partial charge in [-0.3, -0.25) is 4.98 Å². The van der Waals surface area contributed by atoms with Crippen LogP contribution in [0.4, 0.5) is 0 Å².